The zero-order valence-electron chi connectivity index (χ0n) is 74.7. The average Bonchev–Trinajstić information content (AvgIpc) is 0.777. The highest BCUT2D eigenvalue weighted by Gasteiger charge is 2.30. The smallest absolute Gasteiger partial charge is 0.188 e. The maximum atomic E-state index is 6.18. The fourth-order valence-electron chi connectivity index (χ4n) is 11.9. The molecule has 0 radical (unpaired) electrons. The van der Waals surface area contributed by atoms with Gasteiger partial charge in [-0.1, -0.05) is 308 Å². The second-order valence-electron chi connectivity index (χ2n) is 31.2. The molecule has 0 N–H and O–H groups in total. The van der Waals surface area contributed by atoms with Crippen LogP contribution in [-0.4, -0.2) is 182 Å². The maximum Gasteiger partial charge on any atom is 0.188 e. The highest BCUT2D eigenvalue weighted by molar-refractivity contribution is 7.57. The van der Waals surface area contributed by atoms with Crippen molar-refractivity contribution < 1.29 is 56.8 Å². The maximum absolute atomic E-state index is 6.18. The van der Waals surface area contributed by atoms with E-state index in [1.54, 1.807) is 78.0 Å². The number of aliphatic imine (C=N–C) groups is 5. The predicted octanol–water partition coefficient (Wildman–Crippen LogP) is 13.9. The van der Waals surface area contributed by atoms with E-state index in [1.807, 2.05) is 111 Å². The fraction of sp³-hybridized carbons (Fsp3) is 0.309. The van der Waals surface area contributed by atoms with Gasteiger partial charge in [0.1, 0.15) is 28.7 Å². The first-order valence-corrected chi connectivity index (χ1v) is 58.4. The number of rotatable bonds is 36. The topological polar surface area (TPSA) is 173 Å². The van der Waals surface area contributed by atoms with E-state index in [1.165, 1.54) is 68.7 Å². The van der Waals surface area contributed by atoms with Gasteiger partial charge >= 0.3 is 0 Å². The summed E-state index contributed by atoms with van der Waals surface area (Å²) in [6, 6.07) is 71.3. The standard InChI is InChI=1S/C22H34NO2PSi2.2C19H26NO2PSi.2C17H20NO3P/c1-23-15-17-11-9-10-12-19(17)26-20-13-18(27(3,4)5)14-21(28(6,7)8)22(20)25-16-24-2;1-20-13-15-9-6-7-10-16(15)23-17-11-8-12-18(24(3,4)5)19(17)22-14-21-2;1-20-13-15-8-6-7-9-18(15)23-19-12-16(24(3,4)5)10-11-17(19)22-14-21-2;1-18-11-13-7-4-5-9-15(13)22-16-10-6-8-14(20-3)17(16)21-12-19-2;1-18-11-13-6-4-5-7-16(13)22-17-10-14(20-3)8-9-15(17)21-12-19-2/h9-15,26H,16H2,1-8H3;2*6-13,23H,14H2,1-5H3;2*4-11,22H,12H2,1-3H3. The first-order valence-electron chi connectivity index (χ1n) is 39.4. The van der Waals surface area contributed by atoms with Gasteiger partial charge in [0.15, 0.2) is 45.5 Å². The van der Waals surface area contributed by atoms with Gasteiger partial charge in [0.2, 0.25) is 0 Å². The van der Waals surface area contributed by atoms with E-state index < -0.39 is 32.3 Å². The molecule has 10 aromatic rings. The zero-order chi connectivity index (χ0) is 87.7. The summed E-state index contributed by atoms with van der Waals surface area (Å²) in [5.74, 6) is 6.00. The summed E-state index contributed by atoms with van der Waals surface area (Å²) in [4.78, 5) is 20.8. The first kappa shape index (κ1) is 101. The Morgan fingerprint density at radius 2 is 0.558 bits per heavy atom. The molecule has 0 heterocycles. The third-order valence-corrected chi connectivity index (χ3v) is 32.9. The molecule has 640 valence electrons. The summed E-state index contributed by atoms with van der Waals surface area (Å²) in [5, 5.41) is 17.8. The van der Waals surface area contributed by atoms with Crippen LogP contribution in [0.5, 0.6) is 40.2 Å². The molecule has 0 saturated heterocycles. The van der Waals surface area contributed by atoms with E-state index in [-0.39, 0.29) is 34.0 Å². The van der Waals surface area contributed by atoms with Crippen molar-refractivity contribution in [1.29, 1.82) is 0 Å². The minimum Gasteiger partial charge on any atom is -0.497 e. The van der Waals surface area contributed by atoms with Crippen LogP contribution in [0.3, 0.4) is 0 Å². The van der Waals surface area contributed by atoms with Gasteiger partial charge in [-0.2, -0.15) is 0 Å². The molecule has 0 aliphatic carbocycles. The molecule has 0 fully saturated rings. The van der Waals surface area contributed by atoms with Crippen LogP contribution in [0.1, 0.15) is 27.8 Å². The molecular weight excluding hydrogens is 1660 g/mol. The minimum atomic E-state index is -1.60. The molecule has 5 atom stereocenters. The van der Waals surface area contributed by atoms with Crippen LogP contribution in [0.4, 0.5) is 0 Å². The van der Waals surface area contributed by atoms with Crippen molar-refractivity contribution in [2.75, 3.05) is 119 Å². The first-order chi connectivity index (χ1) is 57.6. The lowest BCUT2D eigenvalue weighted by Gasteiger charge is -2.28. The lowest BCUT2D eigenvalue weighted by atomic mass is 10.2. The number of nitrogens with zero attached hydrogens (tertiary/aromatic N) is 5. The van der Waals surface area contributed by atoms with Crippen molar-refractivity contribution in [2.24, 2.45) is 25.0 Å². The molecule has 10 rings (SSSR count). The molecule has 17 nitrogen and oxygen atoms in total. The third kappa shape index (κ3) is 32.7. The van der Waals surface area contributed by atoms with Crippen LogP contribution in [0, 0.1) is 0 Å². The molecule has 0 amide bonds. The fourth-order valence-corrected chi connectivity index (χ4v) is 24.2. The Balaban J connectivity index is 0.000000233. The van der Waals surface area contributed by atoms with Crippen LogP contribution in [0.15, 0.2) is 231 Å². The lowest BCUT2D eigenvalue weighted by molar-refractivity contribution is 0.0499. The molecule has 120 heavy (non-hydrogen) atoms. The largest absolute Gasteiger partial charge is 0.497 e. The van der Waals surface area contributed by atoms with Crippen LogP contribution in [0.25, 0.3) is 0 Å². The van der Waals surface area contributed by atoms with Gasteiger partial charge in [0.25, 0.3) is 0 Å². The number of para-hydroxylation sites is 2. The van der Waals surface area contributed by atoms with Crippen molar-refractivity contribution in [3.63, 3.8) is 0 Å². The average molecular weight is 1790 g/mol. The van der Waals surface area contributed by atoms with E-state index >= 15 is 0 Å². The molecule has 0 saturated carbocycles. The molecule has 0 bridgehead atoms. The van der Waals surface area contributed by atoms with Crippen LogP contribution >= 0.6 is 42.9 Å². The Kier molecular flexibility index (Phi) is 44.0. The Labute approximate surface area is 728 Å². The number of benzene rings is 10. The summed E-state index contributed by atoms with van der Waals surface area (Å²) in [7, 11) is 17.0. The van der Waals surface area contributed by atoms with Crippen LogP contribution in [0.2, 0.25) is 78.6 Å². The summed E-state index contributed by atoms with van der Waals surface area (Å²) in [6.45, 7) is 29.8. The molecule has 0 aliphatic heterocycles. The second-order valence-corrected chi connectivity index (χ2v) is 58.1. The molecule has 5 unspecified atom stereocenters. The SMILES string of the molecule is CN=Cc1ccccc1Pc1cc(OC)ccc1OCOC.CN=Cc1ccccc1Pc1cc([Si](C)(C)C)cc([Si](C)(C)C)c1OCOC.CN=Cc1ccccc1Pc1cc([Si](C)(C)C)ccc1OCOC.CN=Cc1ccccc1Pc1cccc(OC)c1OCOC.CN=Cc1ccccc1Pc1cccc([Si](C)(C)C)c1OCOC. The Morgan fingerprint density at radius 3 is 0.917 bits per heavy atom. The number of hydrogen-bond donors (Lipinski definition) is 0. The summed E-state index contributed by atoms with van der Waals surface area (Å²) in [5.41, 5.74) is 5.73. The molecule has 10 aromatic carbocycles. The third-order valence-electron chi connectivity index (χ3n) is 17.9. The van der Waals surface area contributed by atoms with Crippen LogP contribution < -0.4 is 107 Å². The normalized spacial score (nSPS) is 12.2. The van der Waals surface area contributed by atoms with Gasteiger partial charge in [-0.25, -0.2) is 0 Å². The van der Waals surface area contributed by atoms with Gasteiger partial charge in [-0.3, -0.25) is 25.0 Å². The van der Waals surface area contributed by atoms with Crippen molar-refractivity contribution >= 4 is 180 Å². The lowest BCUT2D eigenvalue weighted by Crippen LogP contribution is -2.48. The molecule has 0 aromatic heterocycles. The summed E-state index contributed by atoms with van der Waals surface area (Å²) in [6.07, 6.45) is 9.52. The number of ether oxygens (including phenoxy) is 12. The van der Waals surface area contributed by atoms with Crippen molar-refractivity contribution in [3.05, 3.63) is 234 Å². The Morgan fingerprint density at radius 1 is 0.250 bits per heavy atom. The summed E-state index contributed by atoms with van der Waals surface area (Å²) >= 11 is 0. The molecular formula is C94H126N5O12P5Si4. The van der Waals surface area contributed by atoms with Crippen molar-refractivity contribution in [2.45, 2.75) is 78.6 Å². The van der Waals surface area contributed by atoms with Gasteiger partial charge in [0.05, 0.1) is 46.5 Å². The van der Waals surface area contributed by atoms with Crippen LogP contribution in [-0.2, 0) is 23.7 Å². The number of hydrogen-bond acceptors (Lipinski definition) is 17. The highest BCUT2D eigenvalue weighted by atomic mass is 31.1. The van der Waals surface area contributed by atoms with E-state index in [9.17, 15) is 0 Å². The minimum absolute atomic E-state index is 0.190. The van der Waals surface area contributed by atoms with Crippen molar-refractivity contribution in [3.8, 4) is 40.2 Å². The predicted molar refractivity (Wildman–Crippen MR) is 537 cm³/mol. The highest BCUT2D eigenvalue weighted by Crippen LogP contribution is 2.32. The van der Waals surface area contributed by atoms with Crippen molar-refractivity contribution in [1.82, 2.24) is 0 Å². The van der Waals surface area contributed by atoms with Gasteiger partial charge in [0, 0.05) is 128 Å². The van der Waals surface area contributed by atoms with E-state index in [2.05, 4.69) is 237 Å². The summed E-state index contributed by atoms with van der Waals surface area (Å²) < 4.78 is 65.6. The molecule has 0 spiro atoms. The van der Waals surface area contributed by atoms with Gasteiger partial charge in [-0.15, -0.1) is 0 Å². The Bertz CT molecular complexity index is 4860. The van der Waals surface area contributed by atoms with E-state index in [0.717, 1.165) is 67.4 Å². The number of methoxy groups -OCH3 is 7. The van der Waals surface area contributed by atoms with E-state index in [0.29, 0.717) is 48.7 Å². The van der Waals surface area contributed by atoms with Gasteiger partial charge < -0.3 is 56.8 Å². The quantitative estimate of drug-likeness (QED) is 0.0158. The second kappa shape index (κ2) is 52.4. The molecule has 26 heteroatoms. The van der Waals surface area contributed by atoms with E-state index in [4.69, 9.17) is 56.8 Å². The molecule has 0 aliphatic rings. The Hall–Kier alpha value is -8.03. The van der Waals surface area contributed by atoms with Gasteiger partial charge in [-0.05, 0) is 95.0 Å². The monoisotopic (exact) mass is 1780 g/mol. The zero-order valence-corrected chi connectivity index (χ0v) is 83.7.